The van der Waals surface area contributed by atoms with Crippen LogP contribution in [0.5, 0.6) is 11.5 Å². The summed E-state index contributed by atoms with van der Waals surface area (Å²) in [5.74, 6) is 1.93. The van der Waals surface area contributed by atoms with Crippen molar-refractivity contribution in [3.05, 3.63) is 92.7 Å². The lowest BCUT2D eigenvalue weighted by molar-refractivity contribution is -0.402. The molecule has 3 aliphatic carbocycles. The van der Waals surface area contributed by atoms with E-state index in [0.717, 1.165) is 35.8 Å². The molecule has 2 saturated carbocycles. The summed E-state index contributed by atoms with van der Waals surface area (Å²) in [6.07, 6.45) is 25.1. The standard InChI is InChI=1S/C42H52ClN2O2/c1-28-24-32(46-5)26-34-39(28)44(3)36(41(34)20-9-7-10-21-41)18-16-30-14-13-15-31(38(30)43)17-19-37-42(22-11-8-12-23-42)35-27-33(47-6)25-29(2)40(35)45(37)4/h16-19,24-27H,7-15,20-23H2,1-6H3/q+1. The van der Waals surface area contributed by atoms with E-state index >= 15 is 0 Å². The maximum atomic E-state index is 7.32. The number of hydrogen-bond donors (Lipinski definition) is 0. The Labute approximate surface area is 287 Å². The molecule has 0 aromatic heterocycles. The third-order valence-corrected chi connectivity index (χ3v) is 12.7. The number of fused-ring (bicyclic) bond motifs is 4. The minimum absolute atomic E-state index is 0.0418. The Kier molecular flexibility index (Phi) is 8.70. The highest BCUT2D eigenvalue weighted by Crippen LogP contribution is 2.57. The van der Waals surface area contributed by atoms with Gasteiger partial charge in [-0.2, -0.15) is 4.58 Å². The number of hydrogen-bond acceptors (Lipinski definition) is 3. The van der Waals surface area contributed by atoms with Crippen LogP contribution >= 0.6 is 11.6 Å². The summed E-state index contributed by atoms with van der Waals surface area (Å²) < 4.78 is 14.0. The number of methoxy groups -OCH3 is 2. The van der Waals surface area contributed by atoms with Crippen molar-refractivity contribution in [3.63, 3.8) is 0 Å². The molecule has 5 heteroatoms. The molecule has 2 aromatic rings. The van der Waals surface area contributed by atoms with Crippen molar-refractivity contribution in [3.8, 4) is 11.5 Å². The zero-order valence-electron chi connectivity index (χ0n) is 29.4. The molecule has 0 unspecified atom stereocenters. The lowest BCUT2D eigenvalue weighted by Gasteiger charge is -2.36. The van der Waals surface area contributed by atoms with Gasteiger partial charge in [0.25, 0.3) is 0 Å². The zero-order valence-corrected chi connectivity index (χ0v) is 30.2. The maximum Gasteiger partial charge on any atom is 0.212 e. The van der Waals surface area contributed by atoms with Crippen LogP contribution in [-0.2, 0) is 10.8 Å². The second-order valence-corrected chi connectivity index (χ2v) is 15.1. The van der Waals surface area contributed by atoms with Crippen molar-refractivity contribution in [2.75, 3.05) is 33.2 Å². The van der Waals surface area contributed by atoms with Crippen LogP contribution in [0.25, 0.3) is 0 Å². The molecule has 5 aliphatic rings. The minimum atomic E-state index is 0.0418. The van der Waals surface area contributed by atoms with Crippen molar-refractivity contribution in [1.82, 2.24) is 0 Å². The van der Waals surface area contributed by atoms with Gasteiger partial charge in [-0.3, -0.25) is 0 Å². The van der Waals surface area contributed by atoms with Crippen LogP contribution in [0.3, 0.4) is 0 Å². The summed E-state index contributed by atoms with van der Waals surface area (Å²) in [6, 6.07) is 8.97. The molecule has 2 aromatic carbocycles. The molecule has 47 heavy (non-hydrogen) atoms. The Hall–Kier alpha value is -3.24. The Bertz CT molecular complexity index is 1740. The maximum absolute atomic E-state index is 7.32. The summed E-state index contributed by atoms with van der Waals surface area (Å²) in [5.41, 5.74) is 13.6. The number of likely N-dealkylation sites (N-methyl/N-ethyl adjacent to an activating group) is 1. The highest BCUT2D eigenvalue weighted by molar-refractivity contribution is 6.32. The van der Waals surface area contributed by atoms with E-state index in [4.69, 9.17) is 21.1 Å². The molecule has 2 aliphatic heterocycles. The lowest BCUT2D eigenvalue weighted by Crippen LogP contribution is -2.36. The van der Waals surface area contributed by atoms with Crippen LogP contribution in [0, 0.1) is 13.8 Å². The fraction of sp³-hybridized carbons (Fsp3) is 0.500. The SMILES string of the molecule is COc1cc(C)c2c(c1)C1(CCCCC1)C(/C=C/C1=C(Cl)C(=C/C=C3\N(C)c4c(C)cc(OC)cc4C34CCCCC4)/CCC1)=[N+]2C. The monoisotopic (exact) mass is 651 g/mol. The van der Waals surface area contributed by atoms with Crippen molar-refractivity contribution in [2.24, 2.45) is 0 Å². The summed E-state index contributed by atoms with van der Waals surface area (Å²) in [4.78, 5) is 2.46. The van der Waals surface area contributed by atoms with E-state index in [-0.39, 0.29) is 10.8 Å². The van der Waals surface area contributed by atoms with Crippen molar-refractivity contribution < 1.29 is 14.0 Å². The Balaban J connectivity index is 1.25. The Morgan fingerprint density at radius 2 is 1.36 bits per heavy atom. The topological polar surface area (TPSA) is 24.7 Å². The highest BCUT2D eigenvalue weighted by atomic mass is 35.5. The molecule has 0 saturated heterocycles. The number of allylic oxidation sites excluding steroid dienone is 8. The van der Waals surface area contributed by atoms with Crippen LogP contribution in [-0.4, -0.2) is 38.6 Å². The van der Waals surface area contributed by atoms with Gasteiger partial charge in [-0.15, -0.1) is 0 Å². The average Bonchev–Trinajstić information content (AvgIpc) is 3.44. The fourth-order valence-electron chi connectivity index (χ4n) is 9.98. The Morgan fingerprint density at radius 1 is 0.745 bits per heavy atom. The normalized spacial score (nSPS) is 23.5. The van der Waals surface area contributed by atoms with Gasteiger partial charge in [-0.1, -0.05) is 62.3 Å². The van der Waals surface area contributed by atoms with E-state index in [9.17, 15) is 0 Å². The van der Waals surface area contributed by atoms with E-state index in [1.807, 2.05) is 0 Å². The zero-order chi connectivity index (χ0) is 32.9. The number of aryl methyl sites for hydroxylation is 2. The number of anilines is 1. The van der Waals surface area contributed by atoms with Crippen molar-refractivity contribution in [2.45, 2.75) is 108 Å². The third kappa shape index (κ3) is 5.21. The number of halogens is 1. The average molecular weight is 652 g/mol. The molecule has 0 N–H and O–H groups in total. The number of rotatable bonds is 5. The summed E-state index contributed by atoms with van der Waals surface area (Å²) >= 11 is 7.32. The second kappa shape index (κ2) is 12.7. The van der Waals surface area contributed by atoms with Gasteiger partial charge in [0.05, 0.1) is 19.6 Å². The predicted octanol–water partition coefficient (Wildman–Crippen LogP) is 10.6. The first kappa shape index (κ1) is 32.3. The molecule has 2 fully saturated rings. The highest BCUT2D eigenvalue weighted by Gasteiger charge is 2.51. The summed E-state index contributed by atoms with van der Waals surface area (Å²) in [5, 5.41) is 0.937. The number of ether oxygens (including phenoxy) is 2. The molecule has 2 heterocycles. The molecular weight excluding hydrogens is 600 g/mol. The molecule has 0 amide bonds. The number of benzene rings is 2. The first-order valence-electron chi connectivity index (χ1n) is 18.0. The molecular formula is C42H52ClN2O2+. The van der Waals surface area contributed by atoms with Crippen molar-refractivity contribution in [1.29, 1.82) is 0 Å². The van der Waals surface area contributed by atoms with Gasteiger partial charge < -0.3 is 14.4 Å². The smallest absolute Gasteiger partial charge is 0.212 e. The first-order chi connectivity index (χ1) is 22.7. The molecule has 0 bridgehead atoms. The summed E-state index contributed by atoms with van der Waals surface area (Å²) in [6.45, 7) is 4.45. The minimum Gasteiger partial charge on any atom is -0.497 e. The van der Waals surface area contributed by atoms with Gasteiger partial charge in [-0.05, 0) is 111 Å². The van der Waals surface area contributed by atoms with Gasteiger partial charge >= 0.3 is 0 Å². The fourth-order valence-corrected chi connectivity index (χ4v) is 10.3. The van der Waals surface area contributed by atoms with E-state index in [2.05, 4.69) is 86.0 Å². The molecule has 248 valence electrons. The van der Waals surface area contributed by atoms with Crippen LogP contribution in [0.4, 0.5) is 11.4 Å². The van der Waals surface area contributed by atoms with Crippen LogP contribution in [0.2, 0.25) is 0 Å². The molecule has 0 atom stereocenters. The lowest BCUT2D eigenvalue weighted by atomic mass is 9.67. The van der Waals surface area contributed by atoms with E-state index < -0.39 is 0 Å². The van der Waals surface area contributed by atoms with Crippen LogP contribution in [0.1, 0.15) is 106 Å². The molecule has 0 radical (unpaired) electrons. The number of nitrogens with zero attached hydrogens (tertiary/aromatic N) is 2. The van der Waals surface area contributed by atoms with Gasteiger partial charge in [0.15, 0.2) is 5.71 Å². The summed E-state index contributed by atoms with van der Waals surface area (Å²) in [7, 11) is 8.08. The van der Waals surface area contributed by atoms with Gasteiger partial charge in [0.2, 0.25) is 5.69 Å². The van der Waals surface area contributed by atoms with Gasteiger partial charge in [0.1, 0.15) is 18.5 Å². The first-order valence-corrected chi connectivity index (χ1v) is 18.3. The van der Waals surface area contributed by atoms with E-state index in [0.29, 0.717) is 0 Å². The quantitative estimate of drug-likeness (QED) is 0.301. The molecule has 2 spiro atoms. The molecule has 7 rings (SSSR count). The van der Waals surface area contributed by atoms with Gasteiger partial charge in [0, 0.05) is 46.1 Å². The van der Waals surface area contributed by atoms with E-state index in [1.165, 1.54) is 120 Å². The predicted molar refractivity (Wildman–Crippen MR) is 196 cm³/mol. The van der Waals surface area contributed by atoms with Crippen LogP contribution < -0.4 is 14.4 Å². The van der Waals surface area contributed by atoms with Gasteiger partial charge in [-0.25, -0.2) is 0 Å². The third-order valence-electron chi connectivity index (χ3n) is 12.2. The van der Waals surface area contributed by atoms with E-state index in [1.54, 1.807) is 14.2 Å². The molecule has 4 nitrogen and oxygen atoms in total. The van der Waals surface area contributed by atoms with Crippen molar-refractivity contribution >= 4 is 28.7 Å². The second-order valence-electron chi connectivity index (χ2n) is 14.7. The Morgan fingerprint density at radius 3 is 2.02 bits per heavy atom. The largest absolute Gasteiger partial charge is 0.497 e. The van der Waals surface area contributed by atoms with Crippen LogP contribution in [0.15, 0.2) is 70.4 Å².